The Morgan fingerprint density at radius 2 is 1.36 bits per heavy atom. The van der Waals surface area contributed by atoms with E-state index in [0.717, 1.165) is 0 Å². The van der Waals surface area contributed by atoms with Gasteiger partial charge in [0.2, 0.25) is 11.6 Å². The van der Waals surface area contributed by atoms with Crippen molar-refractivity contribution in [2.75, 3.05) is 0 Å². The number of carbonyl (C=O) groups is 4. The van der Waals surface area contributed by atoms with Gasteiger partial charge in [-0.15, -0.1) is 0 Å². The van der Waals surface area contributed by atoms with Crippen molar-refractivity contribution in [1.29, 1.82) is 0 Å². The highest BCUT2D eigenvalue weighted by Gasteiger charge is 2.46. The summed E-state index contributed by atoms with van der Waals surface area (Å²) in [6, 6.07) is 0. The first-order valence-corrected chi connectivity index (χ1v) is 3.26. The number of rotatable bonds is 1. The van der Waals surface area contributed by atoms with Gasteiger partial charge in [-0.2, -0.15) is 0 Å². The Balaban J connectivity index is 3.05. The summed E-state index contributed by atoms with van der Waals surface area (Å²) in [6.07, 6.45) is 0.231. The average Bonchev–Trinajstić information content (AvgIpc) is 2.17. The maximum absolute atomic E-state index is 10.8. The summed E-state index contributed by atoms with van der Waals surface area (Å²) in [5, 5.41) is 0. The highest BCUT2D eigenvalue weighted by Crippen LogP contribution is 2.14. The second-order valence-electron chi connectivity index (χ2n) is 2.35. The van der Waals surface area contributed by atoms with E-state index >= 15 is 0 Å². The summed E-state index contributed by atoms with van der Waals surface area (Å²) < 4.78 is 0. The van der Waals surface area contributed by atoms with Crippen molar-refractivity contribution in [3.8, 4) is 0 Å². The molecule has 0 aromatic rings. The van der Waals surface area contributed by atoms with Gasteiger partial charge in [-0.25, -0.2) is 0 Å². The Labute approximate surface area is 62.6 Å². The van der Waals surface area contributed by atoms with Crippen LogP contribution in [0.5, 0.6) is 0 Å². The minimum Gasteiger partial charge on any atom is -0.290 e. The van der Waals surface area contributed by atoms with Crippen molar-refractivity contribution in [3.05, 3.63) is 0 Å². The molecule has 0 atom stereocenters. The summed E-state index contributed by atoms with van der Waals surface area (Å²) in [5.74, 6) is -4.98. The topological polar surface area (TPSA) is 68.3 Å². The van der Waals surface area contributed by atoms with Gasteiger partial charge >= 0.3 is 0 Å². The maximum Gasteiger partial charge on any atom is 0.272 e. The van der Waals surface area contributed by atoms with Crippen LogP contribution in [0.15, 0.2) is 0 Å². The molecule has 4 heteroatoms. The van der Waals surface area contributed by atoms with Gasteiger partial charge in [-0.05, 0) is 6.42 Å². The van der Waals surface area contributed by atoms with E-state index in [9.17, 15) is 19.2 Å². The summed E-state index contributed by atoms with van der Waals surface area (Å²) in [5.41, 5.74) is 0. The minimum atomic E-state index is -1.15. The Kier molecular flexibility index (Phi) is 1.68. The molecule has 0 N–H and O–H groups in total. The van der Waals surface area contributed by atoms with Crippen LogP contribution in [0.2, 0.25) is 0 Å². The third kappa shape index (κ3) is 0.906. The molecule has 58 valence electrons. The average molecular weight is 154 g/mol. The predicted octanol–water partition coefficient (Wildman–Crippen LogP) is -0.697. The molecule has 0 saturated heterocycles. The van der Waals surface area contributed by atoms with Crippen LogP contribution in [0.3, 0.4) is 0 Å². The molecule has 11 heavy (non-hydrogen) atoms. The first kappa shape index (κ1) is 7.78. The van der Waals surface area contributed by atoms with Gasteiger partial charge in [0.1, 0.15) is 0 Å². The lowest BCUT2D eigenvalue weighted by atomic mass is 10.0. The lowest BCUT2D eigenvalue weighted by Crippen LogP contribution is -2.15. The van der Waals surface area contributed by atoms with Gasteiger partial charge in [0.05, 0.1) is 5.92 Å². The molecule has 0 heterocycles. The fraction of sp³-hybridized carbons (Fsp3) is 0.429. The van der Waals surface area contributed by atoms with Crippen LogP contribution in [0.4, 0.5) is 0 Å². The third-order valence-corrected chi connectivity index (χ3v) is 1.70. The molecule has 0 aromatic carbocycles. The molecule has 4 nitrogen and oxygen atoms in total. The van der Waals surface area contributed by atoms with Crippen LogP contribution in [0.25, 0.3) is 0 Å². The summed E-state index contributed by atoms with van der Waals surface area (Å²) in [4.78, 5) is 42.7. The molecule has 1 aliphatic carbocycles. The van der Waals surface area contributed by atoms with E-state index in [1.807, 2.05) is 0 Å². The molecular formula is C7H6O4. The Bertz CT molecular complexity index is 238. The minimum absolute atomic E-state index is 0.231. The van der Waals surface area contributed by atoms with Gasteiger partial charge < -0.3 is 0 Å². The Morgan fingerprint density at radius 1 is 1.00 bits per heavy atom. The largest absolute Gasteiger partial charge is 0.290 e. The first-order chi connectivity index (χ1) is 5.09. The van der Waals surface area contributed by atoms with Crippen LogP contribution in [-0.2, 0) is 19.2 Å². The van der Waals surface area contributed by atoms with Gasteiger partial charge in [0.25, 0.3) is 11.6 Å². The van der Waals surface area contributed by atoms with E-state index in [-0.39, 0.29) is 6.42 Å². The molecular weight excluding hydrogens is 148 g/mol. The summed E-state index contributed by atoms with van der Waals surface area (Å²) >= 11 is 0. The smallest absolute Gasteiger partial charge is 0.272 e. The predicted molar refractivity (Wildman–Crippen MR) is 33.8 cm³/mol. The van der Waals surface area contributed by atoms with E-state index in [2.05, 4.69) is 0 Å². The molecule has 0 aliphatic heterocycles. The molecule has 0 spiro atoms. The lowest BCUT2D eigenvalue weighted by Gasteiger charge is -1.95. The zero-order valence-electron chi connectivity index (χ0n) is 5.92. The highest BCUT2D eigenvalue weighted by molar-refractivity contribution is 6.86. The van der Waals surface area contributed by atoms with Crippen LogP contribution in [-0.4, -0.2) is 23.1 Å². The van der Waals surface area contributed by atoms with Gasteiger partial charge in [-0.1, -0.05) is 6.92 Å². The molecule has 0 bridgehead atoms. The van der Waals surface area contributed by atoms with E-state index in [1.54, 1.807) is 6.92 Å². The summed E-state index contributed by atoms with van der Waals surface area (Å²) in [6.45, 7) is 1.59. The Morgan fingerprint density at radius 3 is 1.55 bits per heavy atom. The van der Waals surface area contributed by atoms with Gasteiger partial charge in [0, 0.05) is 0 Å². The molecule has 0 unspecified atom stereocenters. The molecule has 0 aromatic heterocycles. The lowest BCUT2D eigenvalue weighted by molar-refractivity contribution is -0.142. The fourth-order valence-corrected chi connectivity index (χ4v) is 1.03. The highest BCUT2D eigenvalue weighted by atomic mass is 16.2. The van der Waals surface area contributed by atoms with E-state index in [4.69, 9.17) is 0 Å². The van der Waals surface area contributed by atoms with Crippen molar-refractivity contribution < 1.29 is 19.2 Å². The molecule has 0 amide bonds. The molecule has 1 aliphatic rings. The standard InChI is InChI=1S/C7H6O4/c1-2-3-4(8)6(10)7(11)5(3)9/h3H,2H2,1H3. The zero-order chi connectivity index (χ0) is 8.59. The number of hydrogen-bond donors (Lipinski definition) is 0. The maximum atomic E-state index is 10.8. The monoisotopic (exact) mass is 154 g/mol. The van der Waals surface area contributed by atoms with Crippen LogP contribution in [0.1, 0.15) is 13.3 Å². The number of hydrogen-bond acceptors (Lipinski definition) is 4. The van der Waals surface area contributed by atoms with Gasteiger partial charge in [0.15, 0.2) is 0 Å². The Hall–Kier alpha value is -1.32. The summed E-state index contributed by atoms with van der Waals surface area (Å²) in [7, 11) is 0. The van der Waals surface area contributed by atoms with Crippen LogP contribution >= 0.6 is 0 Å². The quantitative estimate of drug-likeness (QED) is 0.370. The number of Topliss-reactive ketones (excluding diaryl/α,β-unsaturated/α-hetero) is 4. The molecule has 1 rings (SSSR count). The van der Waals surface area contributed by atoms with Gasteiger partial charge in [-0.3, -0.25) is 19.2 Å². The molecule has 1 saturated carbocycles. The van der Waals surface area contributed by atoms with Crippen molar-refractivity contribution in [2.24, 2.45) is 5.92 Å². The molecule has 0 radical (unpaired) electrons. The first-order valence-electron chi connectivity index (χ1n) is 3.26. The van der Waals surface area contributed by atoms with Crippen molar-refractivity contribution >= 4 is 23.1 Å². The van der Waals surface area contributed by atoms with Crippen LogP contribution in [0, 0.1) is 5.92 Å². The number of carbonyl (C=O) groups excluding carboxylic acids is 4. The normalized spacial score (nSPS) is 20.1. The van der Waals surface area contributed by atoms with Crippen molar-refractivity contribution in [2.45, 2.75) is 13.3 Å². The van der Waals surface area contributed by atoms with Crippen LogP contribution < -0.4 is 0 Å². The zero-order valence-corrected chi connectivity index (χ0v) is 5.92. The second-order valence-corrected chi connectivity index (χ2v) is 2.35. The van der Waals surface area contributed by atoms with E-state index in [1.165, 1.54) is 0 Å². The third-order valence-electron chi connectivity index (χ3n) is 1.70. The number of ketones is 4. The van der Waals surface area contributed by atoms with Crippen molar-refractivity contribution in [1.82, 2.24) is 0 Å². The SMILES string of the molecule is CCC1C(=O)C(=O)C(=O)C1=O. The second kappa shape index (κ2) is 2.38. The molecule has 1 fully saturated rings. The fourth-order valence-electron chi connectivity index (χ4n) is 1.03. The van der Waals surface area contributed by atoms with E-state index in [0.29, 0.717) is 0 Å². The van der Waals surface area contributed by atoms with E-state index < -0.39 is 29.1 Å². The van der Waals surface area contributed by atoms with Crippen molar-refractivity contribution in [3.63, 3.8) is 0 Å².